The van der Waals surface area contributed by atoms with Gasteiger partial charge in [-0.1, -0.05) is 0 Å². The first-order valence-corrected chi connectivity index (χ1v) is 6.72. The highest BCUT2D eigenvalue weighted by molar-refractivity contribution is 6.17. The molecule has 0 N–H and O–H groups in total. The molecular formula is C12H22ClNO2. The second-order valence-corrected chi connectivity index (χ2v) is 4.69. The summed E-state index contributed by atoms with van der Waals surface area (Å²) in [5, 5.41) is 0. The number of amides is 1. The number of carbonyl (C=O) groups is 1. The van der Waals surface area contributed by atoms with E-state index in [1.165, 1.54) is 0 Å². The van der Waals surface area contributed by atoms with E-state index in [-0.39, 0.29) is 5.91 Å². The van der Waals surface area contributed by atoms with Crippen LogP contribution in [0.1, 0.15) is 32.6 Å². The van der Waals surface area contributed by atoms with Crippen molar-refractivity contribution in [3.05, 3.63) is 0 Å². The summed E-state index contributed by atoms with van der Waals surface area (Å²) >= 11 is 5.59. The normalized spacial score (nSPS) is 20.0. The third-order valence-electron chi connectivity index (χ3n) is 3.01. The lowest BCUT2D eigenvalue weighted by atomic mass is 10.1. The summed E-state index contributed by atoms with van der Waals surface area (Å²) in [6.07, 6.45) is 3.55. The summed E-state index contributed by atoms with van der Waals surface area (Å²) in [5.74, 6) is 1.45. The minimum atomic E-state index is 0.263. The average molecular weight is 248 g/mol. The Bertz CT molecular complexity index is 205. The molecule has 1 amide bonds. The first-order valence-electron chi connectivity index (χ1n) is 6.19. The van der Waals surface area contributed by atoms with Crippen LogP contribution in [0.2, 0.25) is 0 Å². The van der Waals surface area contributed by atoms with Crippen LogP contribution >= 0.6 is 11.6 Å². The van der Waals surface area contributed by atoms with Crippen molar-refractivity contribution < 1.29 is 9.53 Å². The Morgan fingerprint density at radius 1 is 1.50 bits per heavy atom. The molecule has 1 fully saturated rings. The first-order chi connectivity index (χ1) is 7.77. The average Bonchev–Trinajstić information content (AvgIpc) is 2.78. The molecule has 0 aliphatic carbocycles. The predicted octanol–water partition coefficient (Wildman–Crippen LogP) is 2.28. The van der Waals surface area contributed by atoms with Crippen molar-refractivity contribution in [3.63, 3.8) is 0 Å². The van der Waals surface area contributed by atoms with Crippen molar-refractivity contribution in [1.29, 1.82) is 0 Å². The smallest absolute Gasteiger partial charge is 0.222 e. The third-order valence-corrected chi connectivity index (χ3v) is 3.28. The van der Waals surface area contributed by atoms with Crippen LogP contribution < -0.4 is 0 Å². The van der Waals surface area contributed by atoms with Crippen LogP contribution in [0.3, 0.4) is 0 Å². The molecule has 0 saturated carbocycles. The van der Waals surface area contributed by atoms with Gasteiger partial charge in [0, 0.05) is 37.9 Å². The van der Waals surface area contributed by atoms with E-state index in [4.69, 9.17) is 16.3 Å². The van der Waals surface area contributed by atoms with Crippen LogP contribution in [0.25, 0.3) is 0 Å². The lowest BCUT2D eigenvalue weighted by molar-refractivity contribution is -0.131. The zero-order valence-electron chi connectivity index (χ0n) is 10.1. The summed E-state index contributed by atoms with van der Waals surface area (Å²) < 4.78 is 5.33. The fraction of sp³-hybridized carbons (Fsp3) is 0.917. The number of nitrogens with zero attached hydrogens (tertiary/aromatic N) is 1. The van der Waals surface area contributed by atoms with E-state index >= 15 is 0 Å². The first kappa shape index (κ1) is 13.8. The zero-order valence-corrected chi connectivity index (χ0v) is 10.8. The maximum Gasteiger partial charge on any atom is 0.222 e. The molecule has 16 heavy (non-hydrogen) atoms. The fourth-order valence-electron chi connectivity index (χ4n) is 1.98. The Morgan fingerprint density at radius 2 is 2.31 bits per heavy atom. The van der Waals surface area contributed by atoms with Gasteiger partial charge in [-0.3, -0.25) is 4.79 Å². The maximum absolute atomic E-state index is 11.9. The molecular weight excluding hydrogens is 226 g/mol. The van der Waals surface area contributed by atoms with Crippen molar-refractivity contribution in [2.75, 3.05) is 32.2 Å². The minimum absolute atomic E-state index is 0.263. The quantitative estimate of drug-likeness (QED) is 0.510. The third kappa shape index (κ3) is 4.71. The molecule has 1 unspecified atom stereocenters. The minimum Gasteiger partial charge on any atom is -0.381 e. The highest BCUT2D eigenvalue weighted by Crippen LogP contribution is 2.14. The molecule has 3 nitrogen and oxygen atoms in total. The SMILES string of the molecule is CCN(CC1CCOC1)C(=O)CCCCCl. The monoisotopic (exact) mass is 247 g/mol. The molecule has 0 aromatic heterocycles. The Hall–Kier alpha value is -0.280. The Morgan fingerprint density at radius 3 is 2.88 bits per heavy atom. The summed E-state index contributed by atoms with van der Waals surface area (Å²) in [4.78, 5) is 13.8. The van der Waals surface area contributed by atoms with E-state index in [1.807, 2.05) is 11.8 Å². The molecule has 1 heterocycles. The van der Waals surface area contributed by atoms with Crippen molar-refractivity contribution in [1.82, 2.24) is 4.90 Å². The van der Waals surface area contributed by atoms with Crippen LogP contribution in [0.5, 0.6) is 0 Å². The number of rotatable bonds is 7. The molecule has 1 atom stereocenters. The molecule has 94 valence electrons. The molecule has 1 rings (SSSR count). The largest absolute Gasteiger partial charge is 0.381 e. The summed E-state index contributed by atoms with van der Waals surface area (Å²) in [6, 6.07) is 0. The Balaban J connectivity index is 2.25. The second kappa shape index (κ2) is 7.91. The van der Waals surface area contributed by atoms with Gasteiger partial charge < -0.3 is 9.64 Å². The topological polar surface area (TPSA) is 29.5 Å². The number of halogens is 1. The van der Waals surface area contributed by atoms with Crippen LogP contribution in [0, 0.1) is 5.92 Å². The predicted molar refractivity (Wildman–Crippen MR) is 65.8 cm³/mol. The van der Waals surface area contributed by atoms with Crippen LogP contribution in [0.4, 0.5) is 0 Å². The molecule has 1 aliphatic heterocycles. The van der Waals surface area contributed by atoms with Crippen LogP contribution in [0.15, 0.2) is 0 Å². The van der Waals surface area contributed by atoms with Crippen molar-refractivity contribution >= 4 is 17.5 Å². The second-order valence-electron chi connectivity index (χ2n) is 4.31. The van der Waals surface area contributed by atoms with Gasteiger partial charge in [0.05, 0.1) is 6.61 Å². The molecule has 0 spiro atoms. The molecule has 0 aromatic carbocycles. The van der Waals surface area contributed by atoms with Gasteiger partial charge in [0.2, 0.25) is 5.91 Å². The Kier molecular flexibility index (Phi) is 6.81. The van der Waals surface area contributed by atoms with Gasteiger partial charge in [-0.2, -0.15) is 0 Å². The zero-order chi connectivity index (χ0) is 11.8. The molecule has 0 bridgehead atoms. The number of carbonyl (C=O) groups excluding carboxylic acids is 1. The van der Waals surface area contributed by atoms with Gasteiger partial charge >= 0.3 is 0 Å². The van der Waals surface area contributed by atoms with E-state index in [0.29, 0.717) is 18.2 Å². The maximum atomic E-state index is 11.9. The molecule has 1 aliphatic rings. The van der Waals surface area contributed by atoms with E-state index in [1.54, 1.807) is 0 Å². The van der Waals surface area contributed by atoms with Gasteiger partial charge in [0.1, 0.15) is 0 Å². The lowest BCUT2D eigenvalue weighted by Gasteiger charge is -2.23. The van der Waals surface area contributed by atoms with Crippen molar-refractivity contribution in [3.8, 4) is 0 Å². The van der Waals surface area contributed by atoms with E-state index < -0.39 is 0 Å². The van der Waals surface area contributed by atoms with Gasteiger partial charge in [0.25, 0.3) is 0 Å². The van der Waals surface area contributed by atoms with Gasteiger partial charge in [-0.15, -0.1) is 11.6 Å². The number of unbranched alkanes of at least 4 members (excludes halogenated alkanes) is 1. The van der Waals surface area contributed by atoms with Gasteiger partial charge in [-0.25, -0.2) is 0 Å². The fourth-order valence-corrected chi connectivity index (χ4v) is 2.16. The van der Waals surface area contributed by atoms with Crippen molar-refractivity contribution in [2.45, 2.75) is 32.6 Å². The van der Waals surface area contributed by atoms with Crippen molar-refractivity contribution in [2.24, 2.45) is 5.92 Å². The highest BCUT2D eigenvalue weighted by Gasteiger charge is 2.20. The molecule has 0 radical (unpaired) electrons. The van der Waals surface area contributed by atoms with Crippen LogP contribution in [-0.4, -0.2) is 43.0 Å². The highest BCUT2D eigenvalue weighted by atomic mass is 35.5. The molecule has 1 saturated heterocycles. The van der Waals surface area contributed by atoms with Crippen LogP contribution in [-0.2, 0) is 9.53 Å². The van der Waals surface area contributed by atoms with Gasteiger partial charge in [-0.05, 0) is 26.2 Å². The summed E-state index contributed by atoms with van der Waals surface area (Å²) in [7, 11) is 0. The number of hydrogen-bond donors (Lipinski definition) is 0. The van der Waals surface area contributed by atoms with E-state index in [9.17, 15) is 4.79 Å². The summed E-state index contributed by atoms with van der Waals surface area (Å²) in [6.45, 7) is 5.36. The number of ether oxygens (including phenoxy) is 1. The summed E-state index contributed by atoms with van der Waals surface area (Å²) in [5.41, 5.74) is 0. The molecule has 0 aromatic rings. The lowest BCUT2D eigenvalue weighted by Crippen LogP contribution is -2.35. The van der Waals surface area contributed by atoms with E-state index in [2.05, 4.69) is 0 Å². The van der Waals surface area contributed by atoms with Gasteiger partial charge in [0.15, 0.2) is 0 Å². The van der Waals surface area contributed by atoms with E-state index in [0.717, 1.165) is 45.6 Å². The number of hydrogen-bond acceptors (Lipinski definition) is 2. The molecule has 4 heteroatoms. The Labute approximate surface area is 103 Å². The number of alkyl halides is 1. The standard InChI is InChI=1S/C12H22ClNO2/c1-2-14(9-11-6-8-16-10-11)12(15)5-3-4-7-13/h11H,2-10H2,1H3.